The lowest BCUT2D eigenvalue weighted by molar-refractivity contribution is -0.133. The number of likely N-dealkylation sites (tertiary alicyclic amines) is 1. The molecule has 0 spiro atoms. The third kappa shape index (κ3) is 6.57. The molecule has 7 nitrogen and oxygen atoms in total. The lowest BCUT2D eigenvalue weighted by atomic mass is 10.1. The molecule has 32 heavy (non-hydrogen) atoms. The number of esters is 1. The molecule has 7 heteroatoms. The normalized spacial score (nSPS) is 13.7. The summed E-state index contributed by atoms with van der Waals surface area (Å²) in [7, 11) is 0. The van der Waals surface area contributed by atoms with E-state index in [4.69, 9.17) is 9.47 Å². The molecule has 1 heterocycles. The van der Waals surface area contributed by atoms with Crippen molar-refractivity contribution in [3.63, 3.8) is 0 Å². The maximum atomic E-state index is 12.9. The summed E-state index contributed by atoms with van der Waals surface area (Å²) in [6.07, 6.45) is 5.04. The quantitative estimate of drug-likeness (QED) is 0.622. The van der Waals surface area contributed by atoms with E-state index in [0.717, 1.165) is 45.2 Å². The summed E-state index contributed by atoms with van der Waals surface area (Å²) in [5.74, 6) is -0.548. The summed E-state index contributed by atoms with van der Waals surface area (Å²) in [5.41, 5.74) is 1.15. The molecule has 1 saturated heterocycles. The van der Waals surface area contributed by atoms with Crippen LogP contribution in [0, 0.1) is 0 Å². The highest BCUT2D eigenvalue weighted by molar-refractivity contribution is 6.06. The largest absolute Gasteiger partial charge is 0.483 e. The summed E-state index contributed by atoms with van der Waals surface area (Å²) in [5, 5.41) is 2.79. The second-order valence-corrected chi connectivity index (χ2v) is 7.75. The highest BCUT2D eigenvalue weighted by atomic mass is 16.5. The molecule has 1 aliphatic heterocycles. The van der Waals surface area contributed by atoms with Gasteiger partial charge in [0.05, 0.1) is 17.7 Å². The van der Waals surface area contributed by atoms with Crippen molar-refractivity contribution >= 4 is 23.5 Å². The second-order valence-electron chi connectivity index (χ2n) is 7.75. The van der Waals surface area contributed by atoms with Crippen LogP contribution in [0.4, 0.5) is 5.69 Å². The van der Waals surface area contributed by atoms with Crippen LogP contribution >= 0.6 is 0 Å². The van der Waals surface area contributed by atoms with E-state index in [1.165, 1.54) is 0 Å². The summed E-state index contributed by atoms with van der Waals surface area (Å²) in [6, 6.07) is 13.4. The van der Waals surface area contributed by atoms with Crippen LogP contribution in [0.15, 0.2) is 48.5 Å². The molecule has 0 bridgehead atoms. The lowest BCUT2D eigenvalue weighted by Crippen LogP contribution is -2.35. The van der Waals surface area contributed by atoms with Crippen molar-refractivity contribution < 1.29 is 23.9 Å². The second kappa shape index (κ2) is 11.9. The lowest BCUT2D eigenvalue weighted by Gasteiger charge is -2.20. The van der Waals surface area contributed by atoms with Crippen molar-refractivity contribution in [3.05, 3.63) is 59.7 Å². The van der Waals surface area contributed by atoms with Gasteiger partial charge in [0.2, 0.25) is 0 Å². The molecular formula is C25H30N2O5. The van der Waals surface area contributed by atoms with Crippen molar-refractivity contribution in [2.45, 2.75) is 39.0 Å². The first-order valence-corrected chi connectivity index (χ1v) is 11.2. The molecule has 1 N–H and O–H groups in total. The number of nitrogens with zero attached hydrogens (tertiary/aromatic N) is 1. The fourth-order valence-corrected chi connectivity index (χ4v) is 3.53. The minimum atomic E-state index is -0.432. The molecule has 0 radical (unpaired) electrons. The third-order valence-corrected chi connectivity index (χ3v) is 5.24. The first-order chi connectivity index (χ1) is 15.6. The van der Waals surface area contributed by atoms with E-state index in [9.17, 15) is 14.4 Å². The molecule has 0 aromatic heterocycles. The molecule has 2 aromatic carbocycles. The van der Waals surface area contributed by atoms with Crippen LogP contribution < -0.4 is 10.1 Å². The van der Waals surface area contributed by atoms with Gasteiger partial charge in [-0.25, -0.2) is 4.79 Å². The average Bonchev–Trinajstić information content (AvgIpc) is 3.11. The molecule has 3 rings (SSSR count). The Bertz CT molecular complexity index is 935. The van der Waals surface area contributed by atoms with Crippen LogP contribution in [0.2, 0.25) is 0 Å². The number of carbonyl (C=O) groups is 3. The number of benzene rings is 2. The molecular weight excluding hydrogens is 408 g/mol. The maximum Gasteiger partial charge on any atom is 0.338 e. The SMILES string of the molecule is CCCOC(=O)c1cccc(NC(=O)c2ccccc2OCC(=O)N2CCCCCC2)c1. The van der Waals surface area contributed by atoms with Crippen molar-refractivity contribution in [2.75, 3.05) is 31.6 Å². The minimum absolute atomic E-state index is 0.0691. The molecule has 0 atom stereocenters. The number of hydrogen-bond acceptors (Lipinski definition) is 5. The number of anilines is 1. The first-order valence-electron chi connectivity index (χ1n) is 11.2. The molecule has 0 saturated carbocycles. The van der Waals surface area contributed by atoms with Crippen LogP contribution in [-0.2, 0) is 9.53 Å². The molecule has 2 aromatic rings. The number of amides is 2. The Morgan fingerprint density at radius 1 is 0.969 bits per heavy atom. The van der Waals surface area contributed by atoms with E-state index in [1.807, 2.05) is 11.8 Å². The van der Waals surface area contributed by atoms with Crippen LogP contribution in [0.25, 0.3) is 0 Å². The minimum Gasteiger partial charge on any atom is -0.483 e. The average molecular weight is 439 g/mol. The zero-order chi connectivity index (χ0) is 22.8. The van der Waals surface area contributed by atoms with Gasteiger partial charge in [0.15, 0.2) is 6.61 Å². The number of ether oxygens (including phenoxy) is 2. The Labute approximate surface area is 188 Å². The standard InChI is InChI=1S/C25H30N2O5/c1-2-16-31-25(30)19-10-9-11-20(17-19)26-24(29)21-12-5-6-13-22(21)32-18-23(28)27-14-7-3-4-8-15-27/h5-6,9-13,17H,2-4,7-8,14-16,18H2,1H3,(H,26,29). The van der Waals surface area contributed by atoms with Crippen LogP contribution in [-0.4, -0.2) is 49.0 Å². The predicted molar refractivity (Wildman–Crippen MR) is 122 cm³/mol. The molecule has 170 valence electrons. The summed E-state index contributed by atoms with van der Waals surface area (Å²) >= 11 is 0. The van der Waals surface area contributed by atoms with Crippen LogP contribution in [0.3, 0.4) is 0 Å². The Morgan fingerprint density at radius 3 is 2.47 bits per heavy atom. The van der Waals surface area contributed by atoms with Crippen molar-refractivity contribution in [1.82, 2.24) is 4.90 Å². The fraction of sp³-hybridized carbons (Fsp3) is 0.400. The smallest absolute Gasteiger partial charge is 0.338 e. The van der Waals surface area contributed by atoms with E-state index < -0.39 is 5.97 Å². The van der Waals surface area contributed by atoms with E-state index in [1.54, 1.807) is 48.5 Å². The van der Waals surface area contributed by atoms with Gasteiger partial charge in [0.25, 0.3) is 11.8 Å². The van der Waals surface area contributed by atoms with Crippen LogP contribution in [0.1, 0.15) is 59.7 Å². The molecule has 2 amide bonds. The van der Waals surface area contributed by atoms with Gasteiger partial charge in [0, 0.05) is 18.8 Å². The highest BCUT2D eigenvalue weighted by Crippen LogP contribution is 2.21. The van der Waals surface area contributed by atoms with E-state index in [-0.39, 0.29) is 18.4 Å². The van der Waals surface area contributed by atoms with E-state index >= 15 is 0 Å². The number of hydrogen-bond donors (Lipinski definition) is 1. The van der Waals surface area contributed by atoms with Crippen molar-refractivity contribution in [1.29, 1.82) is 0 Å². The maximum absolute atomic E-state index is 12.9. The number of rotatable bonds is 8. The summed E-state index contributed by atoms with van der Waals surface area (Å²) in [6.45, 7) is 3.66. The van der Waals surface area contributed by atoms with Crippen molar-refractivity contribution in [3.8, 4) is 5.75 Å². The fourth-order valence-electron chi connectivity index (χ4n) is 3.53. The molecule has 0 aliphatic carbocycles. The van der Waals surface area contributed by atoms with Gasteiger partial charge < -0.3 is 19.7 Å². The number of carbonyl (C=O) groups excluding carboxylic acids is 3. The summed E-state index contributed by atoms with van der Waals surface area (Å²) < 4.78 is 10.9. The zero-order valence-corrected chi connectivity index (χ0v) is 18.5. The van der Waals surface area contributed by atoms with Gasteiger partial charge in [-0.15, -0.1) is 0 Å². The molecule has 1 aliphatic rings. The number of nitrogens with one attached hydrogen (secondary N) is 1. The van der Waals surface area contributed by atoms with Gasteiger partial charge >= 0.3 is 5.97 Å². The van der Waals surface area contributed by atoms with E-state index in [2.05, 4.69) is 5.32 Å². The molecule has 1 fully saturated rings. The molecule has 0 unspecified atom stereocenters. The van der Waals surface area contributed by atoms with Gasteiger partial charge in [-0.3, -0.25) is 9.59 Å². The van der Waals surface area contributed by atoms with Crippen LogP contribution in [0.5, 0.6) is 5.75 Å². The number of para-hydroxylation sites is 1. The summed E-state index contributed by atoms with van der Waals surface area (Å²) in [4.78, 5) is 39.3. The predicted octanol–water partition coefficient (Wildman–Crippen LogP) is 4.29. The van der Waals surface area contributed by atoms with E-state index in [0.29, 0.717) is 29.2 Å². The Morgan fingerprint density at radius 2 is 1.72 bits per heavy atom. The van der Waals surface area contributed by atoms with Crippen molar-refractivity contribution in [2.24, 2.45) is 0 Å². The topological polar surface area (TPSA) is 84.9 Å². The first kappa shape index (κ1) is 23.3. The Balaban J connectivity index is 1.64. The monoisotopic (exact) mass is 438 g/mol. The third-order valence-electron chi connectivity index (χ3n) is 5.24. The van der Waals surface area contributed by atoms with Gasteiger partial charge in [-0.2, -0.15) is 0 Å². The van der Waals surface area contributed by atoms with Gasteiger partial charge in [0.1, 0.15) is 5.75 Å². The Kier molecular flexibility index (Phi) is 8.66. The van der Waals surface area contributed by atoms with Gasteiger partial charge in [-0.05, 0) is 49.6 Å². The zero-order valence-electron chi connectivity index (χ0n) is 18.5. The Hall–Kier alpha value is -3.35. The highest BCUT2D eigenvalue weighted by Gasteiger charge is 2.18. The van der Waals surface area contributed by atoms with Gasteiger partial charge in [-0.1, -0.05) is 38.0 Å².